The number of Topliss-reactive ketones (excluding diaryl/α,β-unsaturated/α-hetero) is 1. The number of amides is 1. The highest BCUT2D eigenvalue weighted by Crippen LogP contribution is 2.32. The van der Waals surface area contributed by atoms with E-state index in [9.17, 15) is 9.59 Å². The fraction of sp³-hybridized carbons (Fsp3) is 0.529. The number of benzene rings is 1. The lowest BCUT2D eigenvalue weighted by Crippen LogP contribution is -2.45. The second kappa shape index (κ2) is 6.69. The Kier molecular flexibility index (Phi) is 4.94. The lowest BCUT2D eigenvalue weighted by atomic mass is 9.86. The Balaban J connectivity index is 2.33. The van der Waals surface area contributed by atoms with Crippen molar-refractivity contribution in [2.75, 3.05) is 11.4 Å². The average molecular weight is 273 g/mol. The molecule has 1 aliphatic rings. The smallest absolute Gasteiger partial charge is 0.237 e. The number of fused-ring (bicyclic) bond motifs is 1. The van der Waals surface area contributed by atoms with Crippen molar-refractivity contribution in [2.45, 2.75) is 46.0 Å². The predicted octanol–water partition coefficient (Wildman–Crippen LogP) is 3.82. The van der Waals surface area contributed by atoms with Crippen LogP contribution < -0.4 is 4.90 Å². The summed E-state index contributed by atoms with van der Waals surface area (Å²) in [5.74, 6) is -0.468. The quantitative estimate of drug-likeness (QED) is 0.739. The zero-order valence-electron chi connectivity index (χ0n) is 12.4. The number of hydrogen-bond acceptors (Lipinski definition) is 2. The van der Waals surface area contributed by atoms with Crippen LogP contribution in [0, 0.1) is 5.92 Å². The maximum Gasteiger partial charge on any atom is 0.237 e. The standard InChI is InChI=1S/C17H23NO2/c1-3-5-9-14-16(19)13-10-7-8-11-15(13)18(17(14)20)12-6-4-2/h7-8,10-11,14H,3-6,9,12H2,1-2H3. The Labute approximate surface area is 121 Å². The van der Waals surface area contributed by atoms with Crippen LogP contribution in [0.3, 0.4) is 0 Å². The van der Waals surface area contributed by atoms with Crippen LogP contribution in [0.2, 0.25) is 0 Å². The van der Waals surface area contributed by atoms with Gasteiger partial charge in [-0.3, -0.25) is 9.59 Å². The maximum atomic E-state index is 12.6. The number of nitrogens with zero attached hydrogens (tertiary/aromatic N) is 1. The summed E-state index contributed by atoms with van der Waals surface area (Å²) in [7, 11) is 0. The van der Waals surface area contributed by atoms with E-state index in [0.29, 0.717) is 18.5 Å². The molecule has 20 heavy (non-hydrogen) atoms. The molecule has 1 amide bonds. The number of ketones is 1. The number of para-hydroxylation sites is 1. The Hall–Kier alpha value is -1.64. The molecule has 0 fully saturated rings. The molecular formula is C17H23NO2. The highest BCUT2D eigenvalue weighted by atomic mass is 16.2. The fourth-order valence-corrected chi connectivity index (χ4v) is 2.73. The van der Waals surface area contributed by atoms with Crippen molar-refractivity contribution in [1.82, 2.24) is 0 Å². The number of anilines is 1. The molecule has 0 aromatic heterocycles. The molecule has 0 saturated carbocycles. The summed E-state index contributed by atoms with van der Waals surface area (Å²) in [6.07, 6.45) is 4.61. The van der Waals surface area contributed by atoms with E-state index in [0.717, 1.165) is 31.4 Å². The molecule has 1 aliphatic heterocycles. The molecule has 1 unspecified atom stereocenters. The lowest BCUT2D eigenvalue weighted by molar-refractivity contribution is -0.121. The van der Waals surface area contributed by atoms with E-state index in [1.54, 1.807) is 0 Å². The van der Waals surface area contributed by atoms with E-state index in [4.69, 9.17) is 0 Å². The minimum atomic E-state index is -0.471. The average Bonchev–Trinajstić information content (AvgIpc) is 2.47. The van der Waals surface area contributed by atoms with Crippen molar-refractivity contribution in [3.05, 3.63) is 29.8 Å². The van der Waals surface area contributed by atoms with Crippen molar-refractivity contribution in [2.24, 2.45) is 5.92 Å². The van der Waals surface area contributed by atoms with E-state index in [-0.39, 0.29) is 11.7 Å². The molecule has 0 bridgehead atoms. The summed E-state index contributed by atoms with van der Waals surface area (Å²) >= 11 is 0. The molecule has 0 saturated heterocycles. The SMILES string of the molecule is CCCCC1C(=O)c2ccccc2N(CCCC)C1=O. The molecule has 1 aromatic rings. The van der Waals surface area contributed by atoms with E-state index in [2.05, 4.69) is 13.8 Å². The van der Waals surface area contributed by atoms with Gasteiger partial charge in [0, 0.05) is 12.1 Å². The van der Waals surface area contributed by atoms with E-state index >= 15 is 0 Å². The largest absolute Gasteiger partial charge is 0.311 e. The van der Waals surface area contributed by atoms with Gasteiger partial charge in [-0.2, -0.15) is 0 Å². The first-order valence-corrected chi connectivity index (χ1v) is 7.65. The van der Waals surface area contributed by atoms with Gasteiger partial charge in [-0.05, 0) is 25.0 Å². The minimum absolute atomic E-state index is 0.00407. The molecule has 1 atom stereocenters. The first-order valence-electron chi connectivity index (χ1n) is 7.65. The third kappa shape index (κ3) is 2.77. The van der Waals surface area contributed by atoms with Gasteiger partial charge < -0.3 is 4.90 Å². The van der Waals surface area contributed by atoms with Crippen LogP contribution in [0.1, 0.15) is 56.3 Å². The van der Waals surface area contributed by atoms with E-state index < -0.39 is 5.92 Å². The van der Waals surface area contributed by atoms with Crippen molar-refractivity contribution in [1.29, 1.82) is 0 Å². The molecule has 3 heteroatoms. The van der Waals surface area contributed by atoms with Crippen LogP contribution in [-0.2, 0) is 4.79 Å². The summed E-state index contributed by atoms with van der Waals surface area (Å²) in [6, 6.07) is 7.50. The number of rotatable bonds is 6. The topological polar surface area (TPSA) is 37.4 Å². The maximum absolute atomic E-state index is 12.6. The molecule has 1 heterocycles. The number of hydrogen-bond donors (Lipinski definition) is 0. The van der Waals surface area contributed by atoms with Crippen LogP contribution in [0.4, 0.5) is 5.69 Å². The summed E-state index contributed by atoms with van der Waals surface area (Å²) in [4.78, 5) is 26.9. The molecule has 0 radical (unpaired) electrons. The van der Waals surface area contributed by atoms with Gasteiger partial charge in [0.2, 0.25) is 5.91 Å². The van der Waals surface area contributed by atoms with Crippen molar-refractivity contribution in [3.63, 3.8) is 0 Å². The first-order chi connectivity index (χ1) is 9.70. The van der Waals surface area contributed by atoms with Crippen molar-refractivity contribution in [3.8, 4) is 0 Å². The highest BCUT2D eigenvalue weighted by Gasteiger charge is 2.38. The number of unbranched alkanes of at least 4 members (excludes halogenated alkanes) is 2. The minimum Gasteiger partial charge on any atom is -0.311 e. The van der Waals surface area contributed by atoms with Gasteiger partial charge in [-0.1, -0.05) is 45.2 Å². The number of carbonyl (C=O) groups is 2. The molecule has 0 aliphatic carbocycles. The normalized spacial score (nSPS) is 18.3. The molecular weight excluding hydrogens is 250 g/mol. The summed E-state index contributed by atoms with van der Waals surface area (Å²) in [5.41, 5.74) is 1.51. The lowest BCUT2D eigenvalue weighted by Gasteiger charge is -2.33. The van der Waals surface area contributed by atoms with Crippen molar-refractivity contribution >= 4 is 17.4 Å². The zero-order valence-corrected chi connectivity index (χ0v) is 12.4. The molecule has 0 spiro atoms. The monoisotopic (exact) mass is 273 g/mol. The third-order valence-corrected chi connectivity index (χ3v) is 3.92. The van der Waals surface area contributed by atoms with Gasteiger partial charge in [-0.15, -0.1) is 0 Å². The zero-order chi connectivity index (χ0) is 14.5. The Morgan fingerprint density at radius 3 is 2.45 bits per heavy atom. The van der Waals surface area contributed by atoms with Crippen LogP contribution in [-0.4, -0.2) is 18.2 Å². The molecule has 0 N–H and O–H groups in total. The third-order valence-electron chi connectivity index (χ3n) is 3.92. The molecule has 1 aromatic carbocycles. The van der Waals surface area contributed by atoms with Gasteiger partial charge in [0.05, 0.1) is 5.69 Å². The summed E-state index contributed by atoms with van der Waals surface area (Å²) in [5, 5.41) is 0. The van der Waals surface area contributed by atoms with Gasteiger partial charge in [0.15, 0.2) is 5.78 Å². The van der Waals surface area contributed by atoms with Crippen LogP contribution in [0.5, 0.6) is 0 Å². The van der Waals surface area contributed by atoms with Gasteiger partial charge in [-0.25, -0.2) is 0 Å². The fourth-order valence-electron chi connectivity index (χ4n) is 2.73. The van der Waals surface area contributed by atoms with Crippen LogP contribution >= 0.6 is 0 Å². The second-order valence-corrected chi connectivity index (χ2v) is 5.42. The Bertz CT molecular complexity index is 496. The predicted molar refractivity (Wildman–Crippen MR) is 81.0 cm³/mol. The second-order valence-electron chi connectivity index (χ2n) is 5.42. The first kappa shape index (κ1) is 14.8. The molecule has 3 nitrogen and oxygen atoms in total. The van der Waals surface area contributed by atoms with Crippen LogP contribution in [0.15, 0.2) is 24.3 Å². The van der Waals surface area contributed by atoms with E-state index in [1.807, 2.05) is 29.2 Å². The van der Waals surface area contributed by atoms with Gasteiger partial charge >= 0.3 is 0 Å². The van der Waals surface area contributed by atoms with E-state index in [1.165, 1.54) is 0 Å². The van der Waals surface area contributed by atoms with Crippen molar-refractivity contribution < 1.29 is 9.59 Å². The number of carbonyl (C=O) groups excluding carboxylic acids is 2. The van der Waals surface area contributed by atoms with Crippen LogP contribution in [0.25, 0.3) is 0 Å². The summed E-state index contributed by atoms with van der Waals surface area (Å²) < 4.78 is 0. The molecule has 108 valence electrons. The van der Waals surface area contributed by atoms with Gasteiger partial charge in [0.25, 0.3) is 0 Å². The Morgan fingerprint density at radius 1 is 1.05 bits per heavy atom. The highest BCUT2D eigenvalue weighted by molar-refractivity contribution is 6.21. The van der Waals surface area contributed by atoms with Gasteiger partial charge in [0.1, 0.15) is 5.92 Å². The summed E-state index contributed by atoms with van der Waals surface area (Å²) in [6.45, 7) is 4.91. The molecule has 2 rings (SSSR count). The Morgan fingerprint density at radius 2 is 1.75 bits per heavy atom.